The van der Waals surface area contributed by atoms with E-state index < -0.39 is 0 Å². The molecule has 14 heavy (non-hydrogen) atoms. The number of hydrogen-bond donors (Lipinski definition) is 2. The van der Waals surface area contributed by atoms with Gasteiger partial charge in [0.05, 0.1) is 0 Å². The highest BCUT2D eigenvalue weighted by Crippen LogP contribution is 1.82. The van der Waals surface area contributed by atoms with Crippen LogP contribution in [0.2, 0.25) is 0 Å². The topological polar surface area (TPSA) is 139 Å². The molecule has 2 rings (SSSR count). The first kappa shape index (κ1) is 9.83. The molecule has 76 valence electrons. The summed E-state index contributed by atoms with van der Waals surface area (Å²) in [5, 5.41) is 20.2. The minimum atomic E-state index is 0.333. The lowest BCUT2D eigenvalue weighted by atomic mass is 11.0. The first-order valence-electron chi connectivity index (χ1n) is 3.57. The molecule has 0 amide bonds. The van der Waals surface area contributed by atoms with Crippen LogP contribution in [0.15, 0.2) is 0 Å². The normalized spacial score (nSPS) is 9.29. The molecule has 0 bridgehead atoms. The third kappa shape index (κ3) is 2.36. The molecule has 0 radical (unpaired) electrons. The van der Waals surface area contributed by atoms with Gasteiger partial charge in [0.2, 0.25) is 11.9 Å². The van der Waals surface area contributed by atoms with Crippen LogP contribution in [0.4, 0.5) is 11.9 Å². The van der Waals surface area contributed by atoms with E-state index in [0.29, 0.717) is 11.9 Å². The van der Waals surface area contributed by atoms with Crippen molar-refractivity contribution in [2.75, 3.05) is 11.5 Å². The Morgan fingerprint density at radius 2 is 1.21 bits per heavy atom. The number of nitrogens with two attached hydrogens (primary N) is 2. The van der Waals surface area contributed by atoms with E-state index in [9.17, 15) is 0 Å². The van der Waals surface area contributed by atoms with Crippen molar-refractivity contribution in [3.63, 3.8) is 0 Å². The van der Waals surface area contributed by atoms with Crippen molar-refractivity contribution in [1.82, 2.24) is 40.4 Å². The van der Waals surface area contributed by atoms with Crippen LogP contribution in [0.25, 0.3) is 0 Å². The Morgan fingerprint density at radius 3 is 1.29 bits per heavy atom. The van der Waals surface area contributed by atoms with Crippen molar-refractivity contribution in [2.45, 2.75) is 0 Å². The SMILES string of the molecule is Cn1nnnc1N.Cn1nnnc1N. The lowest BCUT2D eigenvalue weighted by molar-refractivity contribution is 0.716. The molecule has 10 nitrogen and oxygen atoms in total. The van der Waals surface area contributed by atoms with E-state index >= 15 is 0 Å². The van der Waals surface area contributed by atoms with Gasteiger partial charge < -0.3 is 11.5 Å². The predicted molar refractivity (Wildman–Crippen MR) is 46.4 cm³/mol. The Labute approximate surface area is 78.9 Å². The summed E-state index contributed by atoms with van der Waals surface area (Å²) >= 11 is 0. The Bertz CT molecular complexity index is 315. The van der Waals surface area contributed by atoms with E-state index in [4.69, 9.17) is 11.5 Å². The highest BCUT2D eigenvalue weighted by molar-refractivity contribution is 5.08. The summed E-state index contributed by atoms with van der Waals surface area (Å²) in [6.07, 6.45) is 0. The molecule has 2 aromatic rings. The van der Waals surface area contributed by atoms with Gasteiger partial charge >= 0.3 is 0 Å². The van der Waals surface area contributed by atoms with Crippen LogP contribution in [-0.2, 0) is 14.1 Å². The van der Waals surface area contributed by atoms with E-state index in [0.717, 1.165) is 0 Å². The first-order chi connectivity index (χ1) is 6.61. The largest absolute Gasteiger partial charge is 0.367 e. The second-order valence-electron chi connectivity index (χ2n) is 2.32. The zero-order chi connectivity index (χ0) is 10.6. The van der Waals surface area contributed by atoms with Gasteiger partial charge in [-0.15, -0.1) is 0 Å². The molecule has 0 saturated carbocycles. The third-order valence-corrected chi connectivity index (χ3v) is 1.31. The monoisotopic (exact) mass is 198 g/mol. The van der Waals surface area contributed by atoms with Crippen LogP contribution in [0, 0.1) is 0 Å². The van der Waals surface area contributed by atoms with Gasteiger partial charge in [-0.05, 0) is 20.9 Å². The standard InChI is InChI=1S/2C2H5N5/c2*1-7-2(3)4-5-6-7/h2*1H3,(H2,3,4,6). The van der Waals surface area contributed by atoms with Crippen LogP contribution < -0.4 is 11.5 Å². The van der Waals surface area contributed by atoms with Gasteiger partial charge in [0, 0.05) is 14.1 Å². The summed E-state index contributed by atoms with van der Waals surface area (Å²) in [6, 6.07) is 0. The van der Waals surface area contributed by atoms with Gasteiger partial charge in [-0.1, -0.05) is 10.2 Å². The maximum absolute atomic E-state index is 5.17. The lowest BCUT2D eigenvalue weighted by Gasteiger charge is -1.81. The summed E-state index contributed by atoms with van der Waals surface area (Å²) in [5.74, 6) is 0.667. The molecule has 0 aliphatic rings. The zero-order valence-corrected chi connectivity index (χ0v) is 7.73. The molecule has 4 N–H and O–H groups in total. The molecule has 0 aliphatic carbocycles. The number of hydrogen-bond acceptors (Lipinski definition) is 8. The molecule has 0 unspecified atom stereocenters. The number of rotatable bonds is 0. The van der Waals surface area contributed by atoms with Crippen molar-refractivity contribution in [2.24, 2.45) is 14.1 Å². The minimum absolute atomic E-state index is 0.333. The van der Waals surface area contributed by atoms with Gasteiger partial charge in [-0.3, -0.25) is 0 Å². The van der Waals surface area contributed by atoms with Crippen LogP contribution in [0.3, 0.4) is 0 Å². The highest BCUT2D eigenvalue weighted by atomic mass is 15.6. The van der Waals surface area contributed by atoms with E-state index in [1.165, 1.54) is 9.36 Å². The summed E-state index contributed by atoms with van der Waals surface area (Å²) in [6.45, 7) is 0. The van der Waals surface area contributed by atoms with Gasteiger partial charge in [0.15, 0.2) is 0 Å². The van der Waals surface area contributed by atoms with Gasteiger partial charge in [-0.2, -0.15) is 0 Å². The smallest absolute Gasteiger partial charge is 0.240 e. The van der Waals surface area contributed by atoms with E-state index in [1.54, 1.807) is 14.1 Å². The van der Waals surface area contributed by atoms with Gasteiger partial charge in [0.25, 0.3) is 0 Å². The van der Waals surface area contributed by atoms with E-state index in [1.807, 2.05) is 0 Å². The predicted octanol–water partition coefficient (Wildman–Crippen LogP) is -2.42. The van der Waals surface area contributed by atoms with Crippen LogP contribution in [0.5, 0.6) is 0 Å². The molecule has 0 spiro atoms. The molecule has 10 heteroatoms. The molecule has 0 aromatic carbocycles. The lowest BCUT2D eigenvalue weighted by Crippen LogP contribution is -1.97. The Morgan fingerprint density at radius 1 is 0.857 bits per heavy atom. The second kappa shape index (κ2) is 4.11. The molecule has 0 aliphatic heterocycles. The third-order valence-electron chi connectivity index (χ3n) is 1.31. The molecule has 0 atom stereocenters. The average Bonchev–Trinajstić information content (AvgIpc) is 2.67. The van der Waals surface area contributed by atoms with Gasteiger partial charge in [0.1, 0.15) is 0 Å². The molecule has 2 aromatic heterocycles. The van der Waals surface area contributed by atoms with Crippen molar-refractivity contribution < 1.29 is 0 Å². The quantitative estimate of drug-likeness (QED) is 0.476. The number of anilines is 2. The van der Waals surface area contributed by atoms with Crippen molar-refractivity contribution in [3.05, 3.63) is 0 Å². The van der Waals surface area contributed by atoms with Crippen molar-refractivity contribution >= 4 is 11.9 Å². The fourth-order valence-electron chi connectivity index (χ4n) is 0.473. The zero-order valence-electron chi connectivity index (χ0n) is 7.73. The minimum Gasteiger partial charge on any atom is -0.367 e. The summed E-state index contributed by atoms with van der Waals surface area (Å²) in [5.41, 5.74) is 10.3. The maximum atomic E-state index is 5.17. The molecule has 2 heterocycles. The van der Waals surface area contributed by atoms with E-state index in [-0.39, 0.29) is 0 Å². The Balaban J connectivity index is 0.000000140. The highest BCUT2D eigenvalue weighted by Gasteiger charge is 1.89. The number of tetrazole rings is 2. The first-order valence-corrected chi connectivity index (χ1v) is 3.57. The second-order valence-corrected chi connectivity index (χ2v) is 2.32. The Hall–Kier alpha value is -2.26. The van der Waals surface area contributed by atoms with Crippen molar-refractivity contribution in [3.8, 4) is 0 Å². The number of aromatic nitrogens is 8. The molecule has 0 fully saturated rings. The van der Waals surface area contributed by atoms with E-state index in [2.05, 4.69) is 31.1 Å². The Kier molecular flexibility index (Phi) is 2.89. The molecular weight excluding hydrogens is 188 g/mol. The van der Waals surface area contributed by atoms with Crippen LogP contribution >= 0.6 is 0 Å². The number of aryl methyl sites for hydroxylation is 2. The fourth-order valence-corrected chi connectivity index (χ4v) is 0.473. The van der Waals surface area contributed by atoms with Gasteiger partial charge in [-0.25, -0.2) is 9.36 Å². The fraction of sp³-hybridized carbons (Fsp3) is 0.500. The summed E-state index contributed by atoms with van der Waals surface area (Å²) < 4.78 is 2.78. The number of nitrogens with zero attached hydrogens (tertiary/aromatic N) is 8. The summed E-state index contributed by atoms with van der Waals surface area (Å²) in [4.78, 5) is 0. The maximum Gasteiger partial charge on any atom is 0.240 e. The summed E-state index contributed by atoms with van der Waals surface area (Å²) in [7, 11) is 3.35. The van der Waals surface area contributed by atoms with Crippen molar-refractivity contribution in [1.29, 1.82) is 0 Å². The number of nitrogen functional groups attached to an aromatic ring is 2. The van der Waals surface area contributed by atoms with Crippen LogP contribution in [0.1, 0.15) is 0 Å². The average molecular weight is 198 g/mol. The molecular formula is C4H10N10. The molecule has 0 saturated heterocycles. The van der Waals surface area contributed by atoms with Crippen LogP contribution in [-0.4, -0.2) is 40.4 Å².